The van der Waals surface area contributed by atoms with E-state index >= 15 is 0 Å². The van der Waals surface area contributed by atoms with Crippen molar-refractivity contribution >= 4 is 17.7 Å². The summed E-state index contributed by atoms with van der Waals surface area (Å²) in [4.78, 5) is 15.9. The molecule has 22 heavy (non-hydrogen) atoms. The molecule has 1 N–H and O–H groups in total. The topological polar surface area (TPSA) is 75.0 Å². The van der Waals surface area contributed by atoms with Crippen LogP contribution < -0.4 is 10.1 Å². The molecule has 1 aromatic carbocycles. The quantitative estimate of drug-likeness (QED) is 0.695. The molecule has 0 spiro atoms. The van der Waals surface area contributed by atoms with Crippen LogP contribution in [0.25, 0.3) is 6.08 Å². The van der Waals surface area contributed by atoms with E-state index in [0.717, 1.165) is 0 Å². The van der Waals surface area contributed by atoms with Crippen molar-refractivity contribution in [3.05, 3.63) is 59.7 Å². The van der Waals surface area contributed by atoms with E-state index in [-0.39, 0.29) is 5.57 Å². The van der Waals surface area contributed by atoms with Gasteiger partial charge in [-0.3, -0.25) is 9.78 Å². The Morgan fingerprint density at radius 2 is 2.27 bits per heavy atom. The minimum absolute atomic E-state index is 0.173. The van der Waals surface area contributed by atoms with Crippen molar-refractivity contribution in [1.82, 2.24) is 4.98 Å². The lowest BCUT2D eigenvalue weighted by Gasteiger charge is -2.06. The monoisotopic (exact) mass is 297 g/mol. The van der Waals surface area contributed by atoms with Crippen LogP contribution in [-0.4, -0.2) is 18.0 Å². The molecule has 110 valence electrons. The number of amides is 1. The molecule has 0 atom stereocenters. The summed E-state index contributed by atoms with van der Waals surface area (Å²) in [7, 11) is 1.42. The van der Waals surface area contributed by atoms with E-state index in [1.54, 1.807) is 24.4 Å². The number of anilines is 1. The molecule has 0 aliphatic rings. The normalized spacial score (nSPS) is 10.7. The van der Waals surface area contributed by atoms with Gasteiger partial charge in [0, 0.05) is 11.8 Å². The van der Waals surface area contributed by atoms with E-state index in [2.05, 4.69) is 10.3 Å². The Bertz CT molecular complexity index is 752. The fraction of sp³-hybridized carbons (Fsp3) is 0.0625. The smallest absolute Gasteiger partial charge is 0.266 e. The van der Waals surface area contributed by atoms with Crippen molar-refractivity contribution in [2.45, 2.75) is 0 Å². The Kier molecular flexibility index (Phi) is 4.83. The molecule has 0 aliphatic carbocycles. The molecule has 6 heteroatoms. The summed E-state index contributed by atoms with van der Waals surface area (Å²) in [5.41, 5.74) is 0.591. The molecule has 2 aromatic rings. The third kappa shape index (κ3) is 3.67. The summed E-state index contributed by atoms with van der Waals surface area (Å²) in [5.74, 6) is -0.734. The van der Waals surface area contributed by atoms with Gasteiger partial charge in [0.05, 0.1) is 19.0 Å². The zero-order chi connectivity index (χ0) is 15.9. The molecule has 0 saturated heterocycles. The van der Waals surface area contributed by atoms with Crippen LogP contribution in [0, 0.1) is 17.1 Å². The minimum atomic E-state index is -0.609. The van der Waals surface area contributed by atoms with Crippen LogP contribution in [0.5, 0.6) is 5.75 Å². The lowest BCUT2D eigenvalue weighted by molar-refractivity contribution is -0.112. The van der Waals surface area contributed by atoms with Gasteiger partial charge in [-0.1, -0.05) is 0 Å². The number of nitrogens with zero attached hydrogens (tertiary/aromatic N) is 2. The van der Waals surface area contributed by atoms with Gasteiger partial charge in [-0.25, -0.2) is 4.39 Å². The Balaban J connectivity index is 2.30. The summed E-state index contributed by atoms with van der Waals surface area (Å²) < 4.78 is 18.4. The molecule has 0 fully saturated rings. The number of rotatable bonds is 4. The second-order valence-electron chi connectivity index (χ2n) is 4.25. The van der Waals surface area contributed by atoms with Gasteiger partial charge < -0.3 is 10.1 Å². The van der Waals surface area contributed by atoms with Crippen molar-refractivity contribution in [1.29, 1.82) is 5.26 Å². The Morgan fingerprint density at radius 3 is 2.91 bits per heavy atom. The van der Waals surface area contributed by atoms with E-state index < -0.39 is 11.7 Å². The van der Waals surface area contributed by atoms with Gasteiger partial charge in [0.25, 0.3) is 5.91 Å². The molecule has 1 heterocycles. The first-order valence-corrected chi connectivity index (χ1v) is 6.30. The van der Waals surface area contributed by atoms with E-state index in [1.807, 2.05) is 0 Å². The number of hydrogen-bond donors (Lipinski definition) is 1. The third-order valence-electron chi connectivity index (χ3n) is 2.78. The summed E-state index contributed by atoms with van der Waals surface area (Å²) >= 11 is 0. The fourth-order valence-electron chi connectivity index (χ4n) is 1.76. The predicted molar refractivity (Wildman–Crippen MR) is 79.4 cm³/mol. The largest absolute Gasteiger partial charge is 0.496 e. The predicted octanol–water partition coefficient (Wildman–Crippen LogP) is 2.77. The zero-order valence-corrected chi connectivity index (χ0v) is 11.7. The van der Waals surface area contributed by atoms with E-state index in [0.29, 0.717) is 17.0 Å². The van der Waals surface area contributed by atoms with E-state index in [9.17, 15) is 9.18 Å². The van der Waals surface area contributed by atoms with Crippen LogP contribution in [0.4, 0.5) is 10.1 Å². The van der Waals surface area contributed by atoms with Crippen LogP contribution in [0.15, 0.2) is 48.3 Å². The summed E-state index contributed by atoms with van der Waals surface area (Å²) in [6.45, 7) is 0. The number of pyridine rings is 1. The Hall–Kier alpha value is -3.20. The van der Waals surface area contributed by atoms with Crippen molar-refractivity contribution in [2.75, 3.05) is 12.4 Å². The number of nitriles is 1. The first-order chi connectivity index (χ1) is 10.6. The molecule has 1 amide bonds. The number of ether oxygens (including phenoxy) is 1. The van der Waals surface area contributed by atoms with Crippen molar-refractivity contribution in [3.63, 3.8) is 0 Å². The van der Waals surface area contributed by atoms with Gasteiger partial charge in [-0.05, 0) is 36.4 Å². The summed E-state index contributed by atoms with van der Waals surface area (Å²) in [6, 6.07) is 8.94. The summed E-state index contributed by atoms with van der Waals surface area (Å²) in [6.07, 6.45) is 4.29. The van der Waals surface area contributed by atoms with Crippen molar-refractivity contribution in [2.24, 2.45) is 0 Å². The van der Waals surface area contributed by atoms with Gasteiger partial charge >= 0.3 is 0 Å². The minimum Gasteiger partial charge on any atom is -0.496 e. The van der Waals surface area contributed by atoms with Crippen LogP contribution >= 0.6 is 0 Å². The first kappa shape index (κ1) is 15.2. The lowest BCUT2D eigenvalue weighted by Crippen LogP contribution is -2.13. The van der Waals surface area contributed by atoms with Gasteiger partial charge in [0.2, 0.25) is 0 Å². The highest BCUT2D eigenvalue weighted by atomic mass is 19.1. The molecule has 0 saturated carbocycles. The molecule has 2 rings (SSSR count). The molecule has 0 unspecified atom stereocenters. The highest BCUT2D eigenvalue weighted by Crippen LogP contribution is 2.22. The molecular weight excluding hydrogens is 285 g/mol. The molecule has 5 nitrogen and oxygen atoms in total. The average Bonchev–Trinajstić information content (AvgIpc) is 2.53. The number of nitrogens with one attached hydrogen (secondary N) is 1. The van der Waals surface area contributed by atoms with Crippen molar-refractivity contribution < 1.29 is 13.9 Å². The maximum absolute atomic E-state index is 13.3. The lowest BCUT2D eigenvalue weighted by atomic mass is 10.1. The van der Waals surface area contributed by atoms with Gasteiger partial charge in [0.1, 0.15) is 23.2 Å². The maximum Gasteiger partial charge on any atom is 0.266 e. The van der Waals surface area contributed by atoms with Crippen LogP contribution in [0.3, 0.4) is 0 Å². The summed E-state index contributed by atoms with van der Waals surface area (Å²) in [5, 5.41) is 11.7. The van der Waals surface area contributed by atoms with E-state index in [1.165, 1.54) is 37.6 Å². The Morgan fingerprint density at radius 1 is 1.45 bits per heavy atom. The molecule has 0 aliphatic heterocycles. The van der Waals surface area contributed by atoms with Gasteiger partial charge in [-0.2, -0.15) is 5.26 Å². The fourth-order valence-corrected chi connectivity index (χ4v) is 1.76. The number of carbonyl (C=O) groups is 1. The number of carbonyl (C=O) groups excluding carboxylic acids is 1. The maximum atomic E-state index is 13.3. The van der Waals surface area contributed by atoms with Gasteiger partial charge in [0.15, 0.2) is 0 Å². The first-order valence-electron chi connectivity index (χ1n) is 6.30. The second-order valence-corrected chi connectivity index (χ2v) is 4.25. The van der Waals surface area contributed by atoms with Gasteiger partial charge in [-0.15, -0.1) is 0 Å². The molecule has 1 aromatic heterocycles. The van der Waals surface area contributed by atoms with E-state index in [4.69, 9.17) is 10.00 Å². The SMILES string of the molecule is COc1ccc(F)cc1/C=C(\C#N)C(=O)Nc1cccnc1. The van der Waals surface area contributed by atoms with Crippen LogP contribution in [-0.2, 0) is 4.79 Å². The van der Waals surface area contributed by atoms with Crippen LogP contribution in [0.2, 0.25) is 0 Å². The highest BCUT2D eigenvalue weighted by molar-refractivity contribution is 6.09. The number of methoxy groups -OCH3 is 1. The number of aromatic nitrogens is 1. The van der Waals surface area contributed by atoms with Crippen molar-refractivity contribution in [3.8, 4) is 11.8 Å². The number of benzene rings is 1. The third-order valence-corrected chi connectivity index (χ3v) is 2.78. The average molecular weight is 297 g/mol. The molecule has 0 bridgehead atoms. The highest BCUT2D eigenvalue weighted by Gasteiger charge is 2.11. The Labute approximate surface area is 126 Å². The number of hydrogen-bond acceptors (Lipinski definition) is 4. The second kappa shape index (κ2) is 6.99. The standard InChI is InChI=1S/C16H12FN3O2/c1-22-15-5-4-13(17)8-11(15)7-12(9-18)16(21)20-14-3-2-6-19-10-14/h2-8,10H,1H3,(H,20,21)/b12-7+. The van der Waals surface area contributed by atoms with Crippen LogP contribution in [0.1, 0.15) is 5.56 Å². The zero-order valence-electron chi connectivity index (χ0n) is 11.7. The molecule has 0 radical (unpaired) electrons. The molecular formula is C16H12FN3O2. The number of halogens is 1.